The lowest BCUT2D eigenvalue weighted by atomic mass is 10.2. The van der Waals surface area contributed by atoms with Crippen molar-refractivity contribution in [2.75, 3.05) is 20.3 Å². The van der Waals surface area contributed by atoms with Gasteiger partial charge in [0.1, 0.15) is 13.2 Å². The molecule has 0 aliphatic carbocycles. The van der Waals surface area contributed by atoms with Crippen LogP contribution in [0.4, 0.5) is 0 Å². The molecule has 0 saturated heterocycles. The first-order chi connectivity index (χ1) is 17.0. The Morgan fingerprint density at radius 3 is 2.54 bits per heavy atom. The Bertz CT molecular complexity index is 1180. The Hall–Kier alpha value is -3.53. The molecule has 0 bridgehead atoms. The summed E-state index contributed by atoms with van der Waals surface area (Å²) >= 11 is 2.17. The van der Waals surface area contributed by atoms with E-state index in [4.69, 9.17) is 18.9 Å². The zero-order valence-electron chi connectivity index (χ0n) is 19.6. The first-order valence-corrected chi connectivity index (χ1v) is 12.0. The summed E-state index contributed by atoms with van der Waals surface area (Å²) < 4.78 is 23.5. The molecule has 0 fully saturated rings. The average molecular weight is 586 g/mol. The van der Waals surface area contributed by atoms with E-state index in [0.29, 0.717) is 48.4 Å². The van der Waals surface area contributed by atoms with Crippen LogP contribution in [0.2, 0.25) is 0 Å². The standard InChI is InChI=1S/C27H27IN2O5/c1-4-13-34-26-22(28)14-20(15-25(26)33-5-2)17-29-30-27(31)21-11-12-23(24(16-21)32-3)35-18-19-9-7-6-8-10-19/h4,6-12,14-17H,1,5,13,18H2,2-3H3,(H,30,31)/b29-17+. The van der Waals surface area contributed by atoms with Gasteiger partial charge in [-0.25, -0.2) is 5.43 Å². The van der Waals surface area contributed by atoms with E-state index in [1.165, 1.54) is 7.11 Å². The molecule has 3 aromatic rings. The summed E-state index contributed by atoms with van der Waals surface area (Å²) in [5, 5.41) is 4.09. The monoisotopic (exact) mass is 586 g/mol. The van der Waals surface area contributed by atoms with Crippen molar-refractivity contribution in [3.8, 4) is 23.0 Å². The molecular formula is C27H27IN2O5. The number of hydrazone groups is 1. The molecule has 0 atom stereocenters. The summed E-state index contributed by atoms with van der Waals surface area (Å²) in [7, 11) is 1.53. The second kappa shape index (κ2) is 13.4. The summed E-state index contributed by atoms with van der Waals surface area (Å²) in [4.78, 5) is 12.6. The number of nitrogens with zero attached hydrogens (tertiary/aromatic N) is 1. The number of carbonyl (C=O) groups excluding carboxylic acids is 1. The SMILES string of the molecule is C=CCOc1c(I)cc(/C=N/NC(=O)c2ccc(OCc3ccccc3)c(OC)c2)cc1OCC. The van der Waals surface area contributed by atoms with Crippen molar-refractivity contribution < 1.29 is 23.7 Å². The van der Waals surface area contributed by atoms with Crippen LogP contribution in [-0.4, -0.2) is 32.4 Å². The predicted octanol–water partition coefficient (Wildman–Crippen LogP) is 5.61. The third-order valence-electron chi connectivity index (χ3n) is 4.72. The number of rotatable bonds is 12. The summed E-state index contributed by atoms with van der Waals surface area (Å²) in [6.07, 6.45) is 3.22. The van der Waals surface area contributed by atoms with Gasteiger partial charge in [-0.2, -0.15) is 5.10 Å². The number of ether oxygens (including phenoxy) is 4. The average Bonchev–Trinajstić information content (AvgIpc) is 2.87. The van der Waals surface area contributed by atoms with Crippen LogP contribution in [0.1, 0.15) is 28.4 Å². The second-order valence-corrected chi connectivity index (χ2v) is 8.36. The van der Waals surface area contributed by atoms with Crippen LogP contribution >= 0.6 is 22.6 Å². The molecule has 1 amide bonds. The Morgan fingerprint density at radius 2 is 1.83 bits per heavy atom. The smallest absolute Gasteiger partial charge is 0.271 e. The maximum Gasteiger partial charge on any atom is 0.271 e. The molecule has 0 saturated carbocycles. The number of halogens is 1. The van der Waals surface area contributed by atoms with Crippen LogP contribution in [0.15, 0.2) is 78.4 Å². The molecule has 0 spiro atoms. The number of nitrogens with one attached hydrogen (secondary N) is 1. The van der Waals surface area contributed by atoms with Crippen molar-refractivity contribution in [2.24, 2.45) is 5.10 Å². The molecule has 3 aromatic carbocycles. The van der Waals surface area contributed by atoms with Gasteiger partial charge in [0.15, 0.2) is 23.0 Å². The Kier molecular flexibility index (Phi) is 9.97. The molecule has 0 aliphatic rings. The lowest BCUT2D eigenvalue weighted by Crippen LogP contribution is -2.17. The van der Waals surface area contributed by atoms with Crippen molar-refractivity contribution in [3.05, 3.63) is 93.6 Å². The second-order valence-electron chi connectivity index (χ2n) is 7.20. The highest BCUT2D eigenvalue weighted by molar-refractivity contribution is 14.1. The Morgan fingerprint density at radius 1 is 1.03 bits per heavy atom. The van der Waals surface area contributed by atoms with Crippen LogP contribution in [0, 0.1) is 3.57 Å². The van der Waals surface area contributed by atoms with E-state index in [0.717, 1.165) is 14.7 Å². The largest absolute Gasteiger partial charge is 0.493 e. The van der Waals surface area contributed by atoms with E-state index in [9.17, 15) is 4.79 Å². The van der Waals surface area contributed by atoms with Gasteiger partial charge in [-0.3, -0.25) is 4.79 Å². The highest BCUT2D eigenvalue weighted by atomic mass is 127. The van der Waals surface area contributed by atoms with Gasteiger partial charge in [-0.15, -0.1) is 0 Å². The number of carbonyl (C=O) groups is 1. The molecule has 0 unspecified atom stereocenters. The van der Waals surface area contributed by atoms with Crippen molar-refractivity contribution in [2.45, 2.75) is 13.5 Å². The molecule has 0 radical (unpaired) electrons. The quantitative estimate of drug-likeness (QED) is 0.129. The van der Waals surface area contributed by atoms with Crippen LogP contribution < -0.4 is 24.4 Å². The minimum absolute atomic E-state index is 0.374. The fourth-order valence-electron chi connectivity index (χ4n) is 3.10. The zero-order valence-corrected chi connectivity index (χ0v) is 21.8. The van der Waals surface area contributed by atoms with E-state index in [1.54, 1.807) is 30.5 Å². The zero-order chi connectivity index (χ0) is 25.0. The van der Waals surface area contributed by atoms with E-state index in [2.05, 4.69) is 39.7 Å². The number of hydrogen-bond acceptors (Lipinski definition) is 6. The minimum Gasteiger partial charge on any atom is -0.493 e. The summed E-state index contributed by atoms with van der Waals surface area (Å²) in [5.74, 6) is 1.89. The van der Waals surface area contributed by atoms with Gasteiger partial charge in [-0.1, -0.05) is 43.0 Å². The summed E-state index contributed by atoms with van der Waals surface area (Å²) in [6, 6.07) is 18.5. The Balaban J connectivity index is 1.67. The van der Waals surface area contributed by atoms with Gasteiger partial charge < -0.3 is 18.9 Å². The van der Waals surface area contributed by atoms with Gasteiger partial charge in [0.25, 0.3) is 5.91 Å². The van der Waals surface area contributed by atoms with Crippen LogP contribution in [0.25, 0.3) is 0 Å². The van der Waals surface area contributed by atoms with E-state index < -0.39 is 0 Å². The molecule has 3 rings (SSSR count). The fourth-order valence-corrected chi connectivity index (χ4v) is 3.88. The van der Waals surface area contributed by atoms with E-state index in [-0.39, 0.29) is 5.91 Å². The fraction of sp³-hybridized carbons (Fsp3) is 0.185. The Labute approximate surface area is 218 Å². The van der Waals surface area contributed by atoms with Gasteiger partial charge in [0.05, 0.1) is 23.5 Å². The molecule has 8 heteroatoms. The lowest BCUT2D eigenvalue weighted by Gasteiger charge is -2.13. The summed E-state index contributed by atoms with van der Waals surface area (Å²) in [5.41, 5.74) is 4.73. The predicted molar refractivity (Wildman–Crippen MR) is 145 cm³/mol. The first kappa shape index (κ1) is 26.1. The molecule has 35 heavy (non-hydrogen) atoms. The van der Waals surface area contributed by atoms with Crippen molar-refractivity contribution in [3.63, 3.8) is 0 Å². The number of benzene rings is 3. The highest BCUT2D eigenvalue weighted by Gasteiger charge is 2.13. The van der Waals surface area contributed by atoms with Crippen LogP contribution in [0.3, 0.4) is 0 Å². The molecular weight excluding hydrogens is 559 g/mol. The molecule has 0 heterocycles. The third-order valence-corrected chi connectivity index (χ3v) is 5.52. The highest BCUT2D eigenvalue weighted by Crippen LogP contribution is 2.34. The summed E-state index contributed by atoms with van der Waals surface area (Å²) in [6.45, 7) is 6.83. The molecule has 7 nitrogen and oxygen atoms in total. The topological polar surface area (TPSA) is 78.4 Å². The minimum atomic E-state index is -0.375. The first-order valence-electron chi connectivity index (χ1n) is 10.9. The van der Waals surface area contributed by atoms with E-state index >= 15 is 0 Å². The van der Waals surface area contributed by atoms with Crippen molar-refractivity contribution >= 4 is 34.7 Å². The van der Waals surface area contributed by atoms with Gasteiger partial charge >= 0.3 is 0 Å². The van der Waals surface area contributed by atoms with Crippen LogP contribution in [-0.2, 0) is 6.61 Å². The normalized spacial score (nSPS) is 10.6. The number of amides is 1. The number of methoxy groups -OCH3 is 1. The van der Waals surface area contributed by atoms with Gasteiger partial charge in [-0.05, 0) is 71.0 Å². The molecule has 0 aliphatic heterocycles. The molecule has 1 N–H and O–H groups in total. The van der Waals surface area contributed by atoms with Gasteiger partial charge in [0, 0.05) is 5.56 Å². The lowest BCUT2D eigenvalue weighted by molar-refractivity contribution is 0.0954. The van der Waals surface area contributed by atoms with Gasteiger partial charge in [0.2, 0.25) is 0 Å². The third kappa shape index (κ3) is 7.48. The maximum absolute atomic E-state index is 12.6. The van der Waals surface area contributed by atoms with Crippen molar-refractivity contribution in [1.82, 2.24) is 5.43 Å². The van der Waals surface area contributed by atoms with E-state index in [1.807, 2.05) is 49.4 Å². The van der Waals surface area contributed by atoms with Crippen LogP contribution in [0.5, 0.6) is 23.0 Å². The maximum atomic E-state index is 12.6. The number of hydrogen-bond donors (Lipinski definition) is 1. The van der Waals surface area contributed by atoms with Crippen molar-refractivity contribution in [1.29, 1.82) is 0 Å². The molecule has 182 valence electrons. The molecule has 0 aromatic heterocycles.